The predicted molar refractivity (Wildman–Crippen MR) is 180 cm³/mol. The van der Waals surface area contributed by atoms with Crippen LogP contribution in [0.2, 0.25) is 0 Å². The third-order valence-corrected chi connectivity index (χ3v) is 7.74. The van der Waals surface area contributed by atoms with Crippen molar-refractivity contribution < 1.29 is 29.4 Å². The molecule has 7 N–H and O–H groups in total. The van der Waals surface area contributed by atoms with E-state index in [1.54, 1.807) is 36.5 Å². The minimum Gasteiger partial charge on any atom is -0.480 e. The highest BCUT2D eigenvalue weighted by Crippen LogP contribution is 2.11. The van der Waals surface area contributed by atoms with Crippen molar-refractivity contribution in [3.8, 4) is 0 Å². The Labute approximate surface area is 277 Å². The summed E-state index contributed by atoms with van der Waals surface area (Å²) < 4.78 is 2.13. The lowest BCUT2D eigenvalue weighted by Crippen LogP contribution is -2.57. The van der Waals surface area contributed by atoms with E-state index in [2.05, 4.69) is 25.5 Å². The van der Waals surface area contributed by atoms with Crippen molar-refractivity contribution in [1.29, 1.82) is 0 Å². The van der Waals surface area contributed by atoms with Gasteiger partial charge >= 0.3 is 5.97 Å². The van der Waals surface area contributed by atoms with Gasteiger partial charge in [0.2, 0.25) is 17.7 Å². The van der Waals surface area contributed by atoms with Crippen molar-refractivity contribution in [3.63, 3.8) is 0 Å². The number of rotatable bonds is 20. The number of unbranched alkanes of at least 4 members (excludes halogenated alkanes) is 2. The number of nitrogens with one attached hydrogen (secondary N) is 3. The lowest BCUT2D eigenvalue weighted by molar-refractivity contribution is -0.142. The molecule has 12 heteroatoms. The summed E-state index contributed by atoms with van der Waals surface area (Å²) in [5.41, 5.74) is 8.24. The summed E-state index contributed by atoms with van der Waals surface area (Å²) in [7, 11) is 0. The summed E-state index contributed by atoms with van der Waals surface area (Å²) in [6, 6.07) is 13.0. The molecule has 0 saturated heterocycles. The Morgan fingerprint density at radius 1 is 0.830 bits per heavy atom. The molecule has 0 aliphatic rings. The maximum atomic E-state index is 13.2. The molecule has 1 aromatic heterocycles. The van der Waals surface area contributed by atoms with Crippen molar-refractivity contribution >= 4 is 23.7 Å². The normalized spacial score (nSPS) is 12.7. The number of aryl methyl sites for hydroxylation is 3. The number of hydrogen-bond donors (Lipinski definition) is 6. The number of carboxylic acids is 1. The molecule has 1 heterocycles. The van der Waals surface area contributed by atoms with Crippen LogP contribution in [0.25, 0.3) is 0 Å². The summed E-state index contributed by atoms with van der Waals surface area (Å²) in [6.07, 6.45) is 8.08. The van der Waals surface area contributed by atoms with Gasteiger partial charge in [-0.3, -0.25) is 14.4 Å². The van der Waals surface area contributed by atoms with Crippen LogP contribution in [0, 0.1) is 6.92 Å². The molecule has 12 nitrogen and oxygen atoms in total. The highest BCUT2D eigenvalue weighted by molar-refractivity contribution is 5.93. The van der Waals surface area contributed by atoms with E-state index in [1.165, 1.54) is 0 Å². The molecule has 3 amide bonds. The average molecular weight is 651 g/mol. The van der Waals surface area contributed by atoms with Gasteiger partial charge in [-0.2, -0.15) is 0 Å². The van der Waals surface area contributed by atoms with Gasteiger partial charge in [-0.25, -0.2) is 9.78 Å². The van der Waals surface area contributed by atoms with Gasteiger partial charge < -0.3 is 36.5 Å². The van der Waals surface area contributed by atoms with E-state index < -0.39 is 48.4 Å². The van der Waals surface area contributed by atoms with Gasteiger partial charge in [-0.15, -0.1) is 0 Å². The summed E-state index contributed by atoms with van der Waals surface area (Å²) in [4.78, 5) is 55.1. The van der Waals surface area contributed by atoms with Gasteiger partial charge in [0.25, 0.3) is 0 Å². The van der Waals surface area contributed by atoms with Crippen LogP contribution >= 0.6 is 0 Å². The molecule has 47 heavy (non-hydrogen) atoms. The number of nitrogens with two attached hydrogens (primary N) is 1. The van der Waals surface area contributed by atoms with Crippen LogP contribution < -0.4 is 21.7 Å². The number of amides is 3. The number of aliphatic hydroxyl groups is 1. The summed E-state index contributed by atoms with van der Waals surface area (Å²) in [6.45, 7) is 2.60. The topological polar surface area (TPSA) is 189 Å². The van der Waals surface area contributed by atoms with Gasteiger partial charge in [0.1, 0.15) is 23.9 Å². The molecule has 0 bridgehead atoms. The lowest BCUT2D eigenvalue weighted by Gasteiger charge is -2.24. The van der Waals surface area contributed by atoms with Gasteiger partial charge in [0, 0.05) is 25.4 Å². The van der Waals surface area contributed by atoms with Crippen molar-refractivity contribution in [2.24, 2.45) is 5.73 Å². The van der Waals surface area contributed by atoms with E-state index >= 15 is 0 Å². The van der Waals surface area contributed by atoms with E-state index in [-0.39, 0.29) is 26.7 Å². The first-order valence-electron chi connectivity index (χ1n) is 15.7. The number of aromatic nitrogens is 2. The fourth-order valence-electron chi connectivity index (χ4n) is 5.06. The monoisotopic (exact) mass is 650 g/mol. The predicted octanol–water partition coefficient (Wildman–Crippen LogP) is 2.30. The number of aliphatic hydroxyl groups excluding tert-OH is 1. The molecular formula is C35H50N6O6. The summed E-state index contributed by atoms with van der Waals surface area (Å²) in [5.74, 6) is -2.10. The van der Waals surface area contributed by atoms with Gasteiger partial charge in [0.05, 0.1) is 13.0 Å². The second-order valence-electron chi connectivity index (χ2n) is 11.4. The van der Waals surface area contributed by atoms with Crippen LogP contribution in [-0.2, 0) is 45.0 Å². The van der Waals surface area contributed by atoms with E-state index in [0.29, 0.717) is 19.4 Å². The molecule has 3 rings (SSSR count). The quantitative estimate of drug-likeness (QED) is 0.100. The van der Waals surface area contributed by atoms with Crippen LogP contribution in [0.1, 0.15) is 62.0 Å². The van der Waals surface area contributed by atoms with Gasteiger partial charge in [0.15, 0.2) is 0 Å². The zero-order valence-electron chi connectivity index (χ0n) is 26.4. The van der Waals surface area contributed by atoms with Crippen molar-refractivity contribution in [2.45, 2.75) is 90.4 Å². The Hall–Kier alpha value is -4.55. The first-order chi connectivity index (χ1) is 22.2. The Kier molecular flexibility index (Phi) is 16.9. The molecule has 0 fully saturated rings. The number of carboxylic acid groups (broad SMARTS) is 1. The third kappa shape index (κ3) is 13.4. The smallest absolute Gasteiger partial charge is 0.326 e. The highest BCUT2D eigenvalue weighted by Gasteiger charge is 2.29. The summed E-state index contributed by atoms with van der Waals surface area (Å²) >= 11 is 0. The SMILES string of the molecule is C.Cc1nccn1CCCCc1ccc(CC(=O)N[C@@H](CO)C(=O)N[C@@H](CCCCN)C(=O)N[C@@H](Cc2ccccc2)C(=O)O)cc1. The van der Waals surface area contributed by atoms with Crippen molar-refractivity contribution in [1.82, 2.24) is 25.5 Å². The number of carbonyl (C=O) groups is 4. The Morgan fingerprint density at radius 3 is 2.11 bits per heavy atom. The fraction of sp³-hybridized carbons (Fsp3) is 0.457. The standard InChI is InChI=1S/C34H46N6O6.CH4/c1-24-36-18-20-40(24)19-8-6-9-25-13-15-27(16-14-25)22-31(42)37-30(23-41)33(44)38-28(12-5-7-17-35)32(43)39-29(34(45)46)21-26-10-3-2-4-11-26;/h2-4,10-11,13-16,18,20,28-30,41H,5-9,12,17,19,21-23,35H2,1H3,(H,37,42)(H,38,44)(H,39,43)(H,45,46);1H4/t28-,29-,30-;/m0./s1. The molecule has 0 spiro atoms. The van der Waals surface area contributed by atoms with Crippen LogP contribution in [0.4, 0.5) is 0 Å². The molecule has 2 aromatic carbocycles. The van der Waals surface area contributed by atoms with Crippen molar-refractivity contribution in [3.05, 3.63) is 89.5 Å². The fourth-order valence-corrected chi connectivity index (χ4v) is 5.06. The maximum Gasteiger partial charge on any atom is 0.326 e. The molecule has 256 valence electrons. The lowest BCUT2D eigenvalue weighted by atomic mass is 10.0. The molecule has 3 atom stereocenters. The molecule has 0 aliphatic heterocycles. The van der Waals surface area contributed by atoms with Crippen LogP contribution in [0.15, 0.2) is 67.0 Å². The van der Waals surface area contributed by atoms with Crippen molar-refractivity contribution in [2.75, 3.05) is 13.2 Å². The molecular weight excluding hydrogens is 600 g/mol. The molecule has 0 saturated carbocycles. The average Bonchev–Trinajstić information content (AvgIpc) is 3.46. The number of hydrogen-bond acceptors (Lipinski definition) is 7. The maximum absolute atomic E-state index is 13.2. The Morgan fingerprint density at radius 2 is 1.49 bits per heavy atom. The highest BCUT2D eigenvalue weighted by atomic mass is 16.4. The van der Waals surface area contributed by atoms with E-state index in [0.717, 1.165) is 48.3 Å². The van der Waals surface area contributed by atoms with E-state index in [4.69, 9.17) is 5.73 Å². The second kappa shape index (κ2) is 20.5. The first-order valence-corrected chi connectivity index (χ1v) is 15.7. The number of imidazole rings is 1. The number of benzene rings is 2. The number of nitrogens with zero attached hydrogens (tertiary/aromatic N) is 2. The Balaban J connectivity index is 0.00000768. The van der Waals surface area contributed by atoms with Crippen LogP contribution in [0.5, 0.6) is 0 Å². The largest absolute Gasteiger partial charge is 0.480 e. The first kappa shape index (κ1) is 38.6. The minimum absolute atomic E-state index is 0. The van der Waals surface area contributed by atoms with E-state index in [9.17, 15) is 29.4 Å². The molecule has 3 aromatic rings. The third-order valence-electron chi connectivity index (χ3n) is 7.74. The molecule has 0 aliphatic carbocycles. The summed E-state index contributed by atoms with van der Waals surface area (Å²) in [5, 5.41) is 27.2. The zero-order valence-corrected chi connectivity index (χ0v) is 26.4. The second-order valence-corrected chi connectivity index (χ2v) is 11.4. The van der Waals surface area contributed by atoms with Gasteiger partial charge in [-0.1, -0.05) is 62.0 Å². The Bertz CT molecular complexity index is 1400. The van der Waals surface area contributed by atoms with E-state index in [1.807, 2.05) is 37.4 Å². The number of carbonyl (C=O) groups excluding carboxylic acids is 3. The molecule has 0 radical (unpaired) electrons. The van der Waals surface area contributed by atoms with Crippen LogP contribution in [-0.4, -0.2) is 74.7 Å². The number of aliphatic carboxylic acids is 1. The van der Waals surface area contributed by atoms with Gasteiger partial charge in [-0.05, 0) is 68.7 Å². The van der Waals surface area contributed by atoms with Crippen LogP contribution in [0.3, 0.4) is 0 Å². The molecule has 0 unspecified atom stereocenters. The zero-order chi connectivity index (χ0) is 33.3. The minimum atomic E-state index is -1.30.